The van der Waals surface area contributed by atoms with E-state index in [1.165, 1.54) is 6.20 Å². The zero-order valence-electron chi connectivity index (χ0n) is 8.05. The SMILES string of the molecule is Cc1cnc(F)c(C2(O)CCNC2)c1. The molecule has 1 aromatic rings. The molecule has 2 rings (SSSR count). The van der Waals surface area contributed by atoms with E-state index in [4.69, 9.17) is 0 Å². The molecule has 3 nitrogen and oxygen atoms in total. The minimum atomic E-state index is -1.08. The number of aliphatic hydroxyl groups is 1. The van der Waals surface area contributed by atoms with Crippen molar-refractivity contribution in [3.8, 4) is 0 Å². The molecule has 0 saturated carbocycles. The van der Waals surface area contributed by atoms with Crippen LogP contribution in [-0.2, 0) is 5.60 Å². The monoisotopic (exact) mass is 196 g/mol. The summed E-state index contributed by atoms with van der Waals surface area (Å²) in [5.74, 6) is -0.568. The first-order chi connectivity index (χ1) is 6.62. The topological polar surface area (TPSA) is 45.2 Å². The largest absolute Gasteiger partial charge is 0.384 e. The van der Waals surface area contributed by atoms with Gasteiger partial charge >= 0.3 is 0 Å². The van der Waals surface area contributed by atoms with Crippen LogP contribution in [0.3, 0.4) is 0 Å². The number of rotatable bonds is 1. The lowest BCUT2D eigenvalue weighted by atomic mass is 9.93. The van der Waals surface area contributed by atoms with Crippen LogP contribution in [0, 0.1) is 12.9 Å². The van der Waals surface area contributed by atoms with Crippen molar-refractivity contribution in [1.29, 1.82) is 0 Å². The molecule has 1 atom stereocenters. The molecule has 1 aliphatic rings. The molecule has 1 unspecified atom stereocenters. The Morgan fingerprint density at radius 1 is 1.64 bits per heavy atom. The van der Waals surface area contributed by atoms with Gasteiger partial charge in [0.2, 0.25) is 5.95 Å². The first kappa shape index (κ1) is 9.55. The van der Waals surface area contributed by atoms with Gasteiger partial charge in [0, 0.05) is 18.3 Å². The number of β-amino-alcohol motifs (C(OH)–C–C–N with tert-alkyl or cyclic N) is 1. The summed E-state index contributed by atoms with van der Waals surface area (Å²) >= 11 is 0. The van der Waals surface area contributed by atoms with Gasteiger partial charge in [-0.2, -0.15) is 4.39 Å². The molecular weight excluding hydrogens is 183 g/mol. The molecule has 0 aromatic carbocycles. The van der Waals surface area contributed by atoms with Crippen molar-refractivity contribution in [2.24, 2.45) is 0 Å². The van der Waals surface area contributed by atoms with Crippen molar-refractivity contribution in [2.45, 2.75) is 18.9 Å². The van der Waals surface area contributed by atoms with Gasteiger partial charge in [-0.3, -0.25) is 0 Å². The highest BCUT2D eigenvalue weighted by Gasteiger charge is 2.35. The number of halogens is 1. The molecule has 1 aliphatic heterocycles. The second-order valence-electron chi connectivity index (χ2n) is 3.81. The minimum Gasteiger partial charge on any atom is -0.384 e. The van der Waals surface area contributed by atoms with Crippen LogP contribution in [0.15, 0.2) is 12.3 Å². The van der Waals surface area contributed by atoms with Gasteiger partial charge in [0.15, 0.2) is 0 Å². The van der Waals surface area contributed by atoms with Crippen molar-refractivity contribution < 1.29 is 9.50 Å². The van der Waals surface area contributed by atoms with E-state index >= 15 is 0 Å². The second-order valence-corrected chi connectivity index (χ2v) is 3.81. The van der Waals surface area contributed by atoms with Crippen molar-refractivity contribution in [2.75, 3.05) is 13.1 Å². The number of aromatic nitrogens is 1. The Morgan fingerprint density at radius 3 is 3.07 bits per heavy atom. The highest BCUT2D eigenvalue weighted by molar-refractivity contribution is 5.26. The van der Waals surface area contributed by atoms with E-state index < -0.39 is 11.5 Å². The normalized spacial score (nSPS) is 26.8. The fourth-order valence-corrected chi connectivity index (χ4v) is 1.79. The number of hydrogen-bond donors (Lipinski definition) is 2. The molecule has 2 heterocycles. The maximum atomic E-state index is 13.4. The van der Waals surface area contributed by atoms with Gasteiger partial charge in [-0.1, -0.05) is 0 Å². The summed E-state index contributed by atoms with van der Waals surface area (Å²) in [5.41, 5.74) is 0.0903. The summed E-state index contributed by atoms with van der Waals surface area (Å²) in [4.78, 5) is 3.61. The number of nitrogens with one attached hydrogen (secondary N) is 1. The molecule has 14 heavy (non-hydrogen) atoms. The smallest absolute Gasteiger partial charge is 0.219 e. The van der Waals surface area contributed by atoms with E-state index in [-0.39, 0.29) is 0 Å². The third-order valence-electron chi connectivity index (χ3n) is 2.61. The van der Waals surface area contributed by atoms with Gasteiger partial charge in [-0.25, -0.2) is 4.98 Å². The number of aryl methyl sites for hydroxylation is 1. The van der Waals surface area contributed by atoms with Crippen LogP contribution in [0.5, 0.6) is 0 Å². The summed E-state index contributed by atoms with van der Waals surface area (Å²) in [6.07, 6.45) is 2.00. The van der Waals surface area contributed by atoms with Crippen LogP contribution >= 0.6 is 0 Å². The Hall–Kier alpha value is -1.00. The van der Waals surface area contributed by atoms with Crippen molar-refractivity contribution >= 4 is 0 Å². The van der Waals surface area contributed by atoms with Crippen LogP contribution < -0.4 is 5.32 Å². The first-order valence-corrected chi connectivity index (χ1v) is 4.67. The van der Waals surface area contributed by atoms with E-state index in [2.05, 4.69) is 10.3 Å². The lowest BCUT2D eigenvalue weighted by Crippen LogP contribution is -2.30. The zero-order chi connectivity index (χ0) is 10.2. The Balaban J connectivity index is 2.44. The molecule has 0 bridgehead atoms. The van der Waals surface area contributed by atoms with Gasteiger partial charge in [-0.05, 0) is 31.5 Å². The third-order valence-corrected chi connectivity index (χ3v) is 2.61. The number of pyridine rings is 1. The molecular formula is C10H13FN2O. The van der Waals surface area contributed by atoms with E-state index in [0.29, 0.717) is 25.1 Å². The maximum Gasteiger partial charge on any atom is 0.219 e. The second kappa shape index (κ2) is 3.29. The average molecular weight is 196 g/mol. The summed E-state index contributed by atoms with van der Waals surface area (Å²) in [5, 5.41) is 13.1. The summed E-state index contributed by atoms with van der Waals surface area (Å²) in [6, 6.07) is 1.66. The van der Waals surface area contributed by atoms with Crippen molar-refractivity contribution in [3.63, 3.8) is 0 Å². The van der Waals surface area contributed by atoms with E-state index in [9.17, 15) is 9.50 Å². The quantitative estimate of drug-likeness (QED) is 0.650. The Kier molecular flexibility index (Phi) is 2.25. The predicted octanol–water partition coefficient (Wildman–Crippen LogP) is 0.710. The molecule has 76 valence electrons. The fourth-order valence-electron chi connectivity index (χ4n) is 1.79. The summed E-state index contributed by atoms with van der Waals surface area (Å²) in [7, 11) is 0. The lowest BCUT2D eigenvalue weighted by molar-refractivity contribution is 0.0540. The number of hydrogen-bond acceptors (Lipinski definition) is 3. The van der Waals surface area contributed by atoms with Gasteiger partial charge in [0.25, 0.3) is 0 Å². The lowest BCUT2D eigenvalue weighted by Gasteiger charge is -2.21. The number of nitrogens with zero attached hydrogens (tertiary/aromatic N) is 1. The standard InChI is InChI=1S/C10H13FN2O/c1-7-4-8(9(11)13-5-7)10(14)2-3-12-6-10/h4-5,12,14H,2-3,6H2,1H3. The van der Waals surface area contributed by atoms with Crippen LogP contribution in [-0.4, -0.2) is 23.2 Å². The van der Waals surface area contributed by atoms with Crippen LogP contribution in [0.2, 0.25) is 0 Å². The van der Waals surface area contributed by atoms with Crippen molar-refractivity contribution in [1.82, 2.24) is 10.3 Å². The molecule has 4 heteroatoms. The molecule has 2 N–H and O–H groups in total. The van der Waals surface area contributed by atoms with Gasteiger partial charge in [-0.15, -0.1) is 0 Å². The molecule has 1 saturated heterocycles. The molecule has 0 radical (unpaired) electrons. The molecule has 1 fully saturated rings. The molecule has 0 aliphatic carbocycles. The summed E-state index contributed by atoms with van der Waals surface area (Å²) in [6.45, 7) is 2.95. The van der Waals surface area contributed by atoms with Crippen molar-refractivity contribution in [3.05, 3.63) is 29.3 Å². The molecule has 1 aromatic heterocycles. The van der Waals surface area contributed by atoms with Crippen LogP contribution in [0.25, 0.3) is 0 Å². The minimum absolute atomic E-state index is 0.308. The predicted molar refractivity (Wildman–Crippen MR) is 50.3 cm³/mol. The Morgan fingerprint density at radius 2 is 2.43 bits per heavy atom. The van der Waals surface area contributed by atoms with E-state index in [1.54, 1.807) is 6.07 Å². The average Bonchev–Trinajstić information content (AvgIpc) is 2.58. The van der Waals surface area contributed by atoms with Crippen LogP contribution in [0.4, 0.5) is 4.39 Å². The first-order valence-electron chi connectivity index (χ1n) is 4.67. The Labute approximate surface area is 82.0 Å². The molecule has 0 amide bonds. The third kappa shape index (κ3) is 1.51. The molecule has 0 spiro atoms. The van der Waals surface area contributed by atoms with Gasteiger partial charge in [0.05, 0.1) is 0 Å². The van der Waals surface area contributed by atoms with Crippen LogP contribution in [0.1, 0.15) is 17.5 Å². The van der Waals surface area contributed by atoms with E-state index in [0.717, 1.165) is 5.56 Å². The summed E-state index contributed by atoms with van der Waals surface area (Å²) < 4.78 is 13.4. The van der Waals surface area contributed by atoms with Gasteiger partial charge in [0.1, 0.15) is 5.60 Å². The van der Waals surface area contributed by atoms with Gasteiger partial charge < -0.3 is 10.4 Å². The van der Waals surface area contributed by atoms with E-state index in [1.807, 2.05) is 6.92 Å². The highest BCUT2D eigenvalue weighted by atomic mass is 19.1. The zero-order valence-corrected chi connectivity index (χ0v) is 8.05. The Bertz CT molecular complexity index is 348. The maximum absolute atomic E-state index is 13.4. The highest BCUT2D eigenvalue weighted by Crippen LogP contribution is 2.29. The fraction of sp³-hybridized carbons (Fsp3) is 0.500.